The lowest BCUT2D eigenvalue weighted by Crippen LogP contribution is -2.49. The maximum atomic E-state index is 13.5. The Balaban J connectivity index is 2.45. The Morgan fingerprint density at radius 3 is 2.41 bits per heavy atom. The molecule has 9 nitrogen and oxygen atoms in total. The first-order valence-electron chi connectivity index (χ1n) is 10.9. The molecule has 180 valence electrons. The fraction of sp³-hybridized carbons (Fsp3) is 0.619. The molecule has 32 heavy (non-hydrogen) atoms. The zero-order valence-corrected chi connectivity index (χ0v) is 20.5. The number of nitro benzene ring substituents is 1. The fourth-order valence-electron chi connectivity index (χ4n) is 3.72. The third-order valence-corrected chi connectivity index (χ3v) is 9.40. The average Bonchev–Trinajstić information content (AvgIpc) is 2.79. The average molecular weight is 488 g/mol. The van der Waals surface area contributed by atoms with Gasteiger partial charge in [0.15, 0.2) is 4.90 Å². The molecule has 0 radical (unpaired) electrons. The molecule has 1 heterocycles. The van der Waals surface area contributed by atoms with E-state index < -0.39 is 41.6 Å². The van der Waals surface area contributed by atoms with Crippen LogP contribution in [0.15, 0.2) is 41.3 Å². The Labute approximate surface area is 191 Å². The van der Waals surface area contributed by atoms with E-state index in [1.165, 1.54) is 22.5 Å². The van der Waals surface area contributed by atoms with Crippen molar-refractivity contribution in [1.82, 2.24) is 8.61 Å². The van der Waals surface area contributed by atoms with Crippen molar-refractivity contribution in [1.29, 1.82) is 0 Å². The lowest BCUT2D eigenvalue weighted by Gasteiger charge is -2.33. The van der Waals surface area contributed by atoms with Crippen LogP contribution in [-0.4, -0.2) is 61.8 Å². The summed E-state index contributed by atoms with van der Waals surface area (Å²) in [5.74, 6) is -0.698. The molecule has 0 saturated carbocycles. The van der Waals surface area contributed by atoms with Gasteiger partial charge in [-0.3, -0.25) is 10.1 Å². The molecule has 0 spiro atoms. The highest BCUT2D eigenvalue weighted by molar-refractivity contribution is 7.90. The SMILES string of the molecule is CCCCCCN1C/C=C\CN(S(=O)(=O)c2ccccc2[N+](=O)[O-])[C@@H](C(C)C)CS1(=O)=O. The topological polar surface area (TPSA) is 118 Å². The van der Waals surface area contributed by atoms with Gasteiger partial charge in [-0.1, -0.05) is 64.3 Å². The number of nitro groups is 1. The van der Waals surface area contributed by atoms with Gasteiger partial charge in [0.25, 0.3) is 5.69 Å². The molecule has 1 aromatic rings. The second-order valence-corrected chi connectivity index (χ2v) is 12.2. The molecule has 0 aromatic heterocycles. The Morgan fingerprint density at radius 1 is 1.12 bits per heavy atom. The smallest absolute Gasteiger partial charge is 0.258 e. The summed E-state index contributed by atoms with van der Waals surface area (Å²) in [7, 11) is -8.07. The minimum atomic E-state index is -4.32. The van der Waals surface area contributed by atoms with Crippen LogP contribution >= 0.6 is 0 Å². The maximum absolute atomic E-state index is 13.5. The van der Waals surface area contributed by atoms with Gasteiger partial charge in [0.05, 0.1) is 10.7 Å². The minimum Gasteiger partial charge on any atom is -0.258 e. The molecule has 0 aliphatic carbocycles. The van der Waals surface area contributed by atoms with E-state index in [-0.39, 0.29) is 24.8 Å². The Hall–Kier alpha value is -1.82. The van der Waals surface area contributed by atoms with E-state index in [1.54, 1.807) is 26.0 Å². The number of hydrogen-bond donors (Lipinski definition) is 0. The first-order valence-corrected chi connectivity index (χ1v) is 14.0. The molecule has 0 bridgehead atoms. The molecular formula is C21H33N3O6S2. The zero-order chi connectivity index (χ0) is 23.9. The van der Waals surface area contributed by atoms with Gasteiger partial charge in [-0.2, -0.15) is 8.61 Å². The number of sulfonamides is 2. The van der Waals surface area contributed by atoms with E-state index in [0.29, 0.717) is 6.54 Å². The Kier molecular flexibility index (Phi) is 9.38. The van der Waals surface area contributed by atoms with Gasteiger partial charge in [0, 0.05) is 31.7 Å². The van der Waals surface area contributed by atoms with Crippen molar-refractivity contribution in [3.63, 3.8) is 0 Å². The van der Waals surface area contributed by atoms with Crippen LogP contribution in [0.3, 0.4) is 0 Å². The third-order valence-electron chi connectivity index (χ3n) is 5.58. The molecule has 1 atom stereocenters. The quantitative estimate of drug-likeness (QED) is 0.228. The second kappa shape index (κ2) is 11.4. The summed E-state index contributed by atoms with van der Waals surface area (Å²) >= 11 is 0. The summed E-state index contributed by atoms with van der Waals surface area (Å²) in [6.45, 7) is 6.10. The maximum Gasteiger partial charge on any atom is 0.289 e. The number of para-hydroxylation sites is 1. The van der Waals surface area contributed by atoms with Gasteiger partial charge in [0.2, 0.25) is 20.0 Å². The minimum absolute atomic E-state index is 0.0591. The van der Waals surface area contributed by atoms with Gasteiger partial charge in [-0.15, -0.1) is 0 Å². The highest BCUT2D eigenvalue weighted by Crippen LogP contribution is 2.30. The van der Waals surface area contributed by atoms with Crippen LogP contribution in [0, 0.1) is 16.0 Å². The van der Waals surface area contributed by atoms with Gasteiger partial charge < -0.3 is 0 Å². The van der Waals surface area contributed by atoms with Crippen LogP contribution in [0.4, 0.5) is 5.69 Å². The fourth-order valence-corrected chi connectivity index (χ4v) is 7.61. The molecule has 11 heteroatoms. The highest BCUT2D eigenvalue weighted by atomic mass is 32.2. The van der Waals surface area contributed by atoms with Crippen molar-refractivity contribution >= 4 is 25.7 Å². The monoisotopic (exact) mass is 487 g/mol. The Bertz CT molecular complexity index is 1020. The largest absolute Gasteiger partial charge is 0.289 e. The summed E-state index contributed by atoms with van der Waals surface area (Å²) < 4.78 is 56.0. The summed E-state index contributed by atoms with van der Waals surface area (Å²) in [6, 6.07) is 4.28. The second-order valence-electron chi connectivity index (χ2n) is 8.28. The van der Waals surface area contributed by atoms with Crippen molar-refractivity contribution < 1.29 is 21.8 Å². The van der Waals surface area contributed by atoms with Crippen LogP contribution < -0.4 is 0 Å². The lowest BCUT2D eigenvalue weighted by molar-refractivity contribution is -0.387. The highest BCUT2D eigenvalue weighted by Gasteiger charge is 2.40. The number of nitrogens with zero attached hydrogens (tertiary/aromatic N) is 3. The van der Waals surface area contributed by atoms with Crippen LogP contribution in [-0.2, 0) is 20.0 Å². The van der Waals surface area contributed by atoms with Crippen LogP contribution in [0.5, 0.6) is 0 Å². The molecule has 2 rings (SSSR count). The molecule has 1 aliphatic heterocycles. The third kappa shape index (κ3) is 6.37. The van der Waals surface area contributed by atoms with Crippen LogP contribution in [0.1, 0.15) is 46.5 Å². The first-order chi connectivity index (χ1) is 15.0. The van der Waals surface area contributed by atoms with Crippen molar-refractivity contribution in [2.24, 2.45) is 5.92 Å². The molecule has 0 fully saturated rings. The summed E-state index contributed by atoms with van der Waals surface area (Å²) in [5.41, 5.74) is -0.528. The number of hydrogen-bond acceptors (Lipinski definition) is 6. The summed E-state index contributed by atoms with van der Waals surface area (Å²) in [4.78, 5) is 10.3. The van der Waals surface area contributed by atoms with Crippen molar-refractivity contribution in [3.05, 3.63) is 46.5 Å². The molecular weight excluding hydrogens is 454 g/mol. The Morgan fingerprint density at radius 2 is 1.78 bits per heavy atom. The van der Waals surface area contributed by atoms with E-state index in [1.807, 2.05) is 0 Å². The van der Waals surface area contributed by atoms with Crippen molar-refractivity contribution in [2.45, 2.75) is 57.4 Å². The number of rotatable bonds is 9. The molecule has 0 amide bonds. The molecule has 0 saturated heterocycles. The van der Waals surface area contributed by atoms with E-state index in [0.717, 1.165) is 36.1 Å². The molecule has 1 aromatic carbocycles. The van der Waals surface area contributed by atoms with E-state index >= 15 is 0 Å². The molecule has 0 unspecified atom stereocenters. The van der Waals surface area contributed by atoms with E-state index in [2.05, 4.69) is 6.92 Å². The van der Waals surface area contributed by atoms with Crippen LogP contribution in [0.2, 0.25) is 0 Å². The van der Waals surface area contributed by atoms with Crippen molar-refractivity contribution in [3.8, 4) is 0 Å². The zero-order valence-electron chi connectivity index (χ0n) is 18.9. The van der Waals surface area contributed by atoms with Gasteiger partial charge >= 0.3 is 0 Å². The van der Waals surface area contributed by atoms with Crippen LogP contribution in [0.25, 0.3) is 0 Å². The number of unbranched alkanes of at least 4 members (excludes halogenated alkanes) is 3. The first kappa shape index (κ1) is 26.4. The van der Waals surface area contributed by atoms with Gasteiger partial charge in [0.1, 0.15) is 0 Å². The van der Waals surface area contributed by atoms with Gasteiger partial charge in [-0.05, 0) is 18.4 Å². The predicted octanol–water partition coefficient (Wildman–Crippen LogP) is 3.39. The summed E-state index contributed by atoms with van der Waals surface area (Å²) in [6.07, 6.45) is 7.02. The van der Waals surface area contributed by atoms with Gasteiger partial charge in [-0.25, -0.2) is 16.8 Å². The molecule has 0 N–H and O–H groups in total. The predicted molar refractivity (Wildman–Crippen MR) is 124 cm³/mol. The molecule has 1 aliphatic rings. The standard InChI is InChI=1S/C21H33N3O6S2/c1-4-5-6-9-14-22-15-10-11-16-23(20(18(2)3)17-31(22,27)28)32(29,30)21-13-8-7-12-19(21)24(25)26/h7-8,10-13,18,20H,4-6,9,14-17H2,1-3H3/b11-10-/t20-/m1/s1. The summed E-state index contributed by atoms with van der Waals surface area (Å²) in [5, 5.41) is 11.4. The lowest BCUT2D eigenvalue weighted by atomic mass is 10.1. The number of benzene rings is 1. The van der Waals surface area contributed by atoms with E-state index in [9.17, 15) is 26.9 Å². The van der Waals surface area contributed by atoms with E-state index in [4.69, 9.17) is 0 Å². The normalized spacial score (nSPS) is 21.6. The van der Waals surface area contributed by atoms with Crippen molar-refractivity contribution in [2.75, 3.05) is 25.4 Å².